The van der Waals surface area contributed by atoms with E-state index in [1.165, 1.54) is 11.8 Å². The Labute approximate surface area is 213 Å². The van der Waals surface area contributed by atoms with E-state index >= 15 is 0 Å². The normalized spacial score (nSPS) is 18.0. The highest BCUT2D eigenvalue weighted by Crippen LogP contribution is 2.31. The van der Waals surface area contributed by atoms with Crippen LogP contribution in [0.5, 0.6) is 5.75 Å². The number of carbonyl (C=O) groups is 3. The van der Waals surface area contributed by atoms with E-state index < -0.39 is 5.97 Å². The van der Waals surface area contributed by atoms with Crippen molar-refractivity contribution >= 4 is 46.5 Å². The number of ether oxygens (including phenoxy) is 3. The molecule has 4 rings (SSSR count). The third-order valence-corrected chi connectivity index (χ3v) is 6.14. The number of hydrogen-bond donors (Lipinski definition) is 1. The first-order valence-corrected chi connectivity index (χ1v) is 12.4. The Hall–Kier alpha value is -3.63. The molecule has 0 aromatic heterocycles. The number of benzene rings is 2. The molecule has 0 saturated carbocycles. The SMILES string of the molecule is CC(C)OC(=O)c1cccc(N=C2NC(=O)C(=Cc3ccccc3OCC(=O)N3CCOCC3)S2)c1. The van der Waals surface area contributed by atoms with Crippen LogP contribution in [0.3, 0.4) is 0 Å². The van der Waals surface area contributed by atoms with Crippen molar-refractivity contribution in [3.05, 3.63) is 64.6 Å². The number of nitrogens with zero attached hydrogens (tertiary/aromatic N) is 2. The number of nitrogens with one attached hydrogen (secondary N) is 1. The highest BCUT2D eigenvalue weighted by atomic mass is 32.2. The monoisotopic (exact) mass is 509 g/mol. The van der Waals surface area contributed by atoms with Crippen LogP contribution in [0.1, 0.15) is 29.8 Å². The van der Waals surface area contributed by atoms with Gasteiger partial charge in [-0.05, 0) is 56.0 Å². The molecule has 2 heterocycles. The lowest BCUT2D eigenvalue weighted by Gasteiger charge is -2.26. The van der Waals surface area contributed by atoms with Crippen LogP contribution in [0, 0.1) is 0 Å². The topological polar surface area (TPSA) is 107 Å². The summed E-state index contributed by atoms with van der Waals surface area (Å²) in [6.07, 6.45) is 1.47. The molecular weight excluding hydrogens is 482 g/mol. The van der Waals surface area contributed by atoms with Gasteiger partial charge in [0.2, 0.25) is 0 Å². The van der Waals surface area contributed by atoms with Crippen molar-refractivity contribution in [1.82, 2.24) is 10.2 Å². The molecule has 2 saturated heterocycles. The Kier molecular flexibility index (Phi) is 8.40. The maximum absolute atomic E-state index is 12.6. The second kappa shape index (κ2) is 11.9. The number of rotatable bonds is 7. The Balaban J connectivity index is 1.45. The van der Waals surface area contributed by atoms with Gasteiger partial charge in [-0.2, -0.15) is 0 Å². The lowest BCUT2D eigenvalue weighted by Crippen LogP contribution is -2.43. The van der Waals surface area contributed by atoms with Crippen LogP contribution in [-0.4, -0.2) is 66.9 Å². The van der Waals surface area contributed by atoms with Crippen molar-refractivity contribution < 1.29 is 28.6 Å². The van der Waals surface area contributed by atoms with Crippen molar-refractivity contribution in [2.24, 2.45) is 4.99 Å². The van der Waals surface area contributed by atoms with Gasteiger partial charge in [-0.3, -0.25) is 9.59 Å². The molecule has 2 aromatic rings. The van der Waals surface area contributed by atoms with Gasteiger partial charge in [0.25, 0.3) is 11.8 Å². The first-order chi connectivity index (χ1) is 17.4. The molecule has 0 atom stereocenters. The van der Waals surface area contributed by atoms with E-state index in [4.69, 9.17) is 14.2 Å². The number of aliphatic imine (C=N–C) groups is 1. The number of morpholine rings is 1. The van der Waals surface area contributed by atoms with E-state index in [-0.39, 0.29) is 24.5 Å². The molecule has 0 spiro atoms. The second-order valence-electron chi connectivity index (χ2n) is 8.31. The minimum absolute atomic E-state index is 0.0954. The highest BCUT2D eigenvalue weighted by molar-refractivity contribution is 8.18. The maximum Gasteiger partial charge on any atom is 0.338 e. The van der Waals surface area contributed by atoms with E-state index in [0.29, 0.717) is 58.9 Å². The van der Waals surface area contributed by atoms with Crippen LogP contribution >= 0.6 is 11.8 Å². The fourth-order valence-corrected chi connectivity index (χ4v) is 4.33. The Morgan fingerprint density at radius 3 is 2.72 bits per heavy atom. The van der Waals surface area contributed by atoms with Crippen molar-refractivity contribution in [1.29, 1.82) is 0 Å². The number of thioether (sulfide) groups is 1. The fourth-order valence-electron chi connectivity index (χ4n) is 3.50. The molecule has 2 amide bonds. The molecule has 36 heavy (non-hydrogen) atoms. The number of carbonyl (C=O) groups excluding carboxylic acids is 3. The number of amidine groups is 1. The summed E-state index contributed by atoms with van der Waals surface area (Å²) in [5, 5.41) is 3.13. The Bertz CT molecular complexity index is 1200. The van der Waals surface area contributed by atoms with Crippen molar-refractivity contribution in [2.45, 2.75) is 20.0 Å². The lowest BCUT2D eigenvalue weighted by atomic mass is 10.2. The molecule has 188 valence electrons. The van der Waals surface area contributed by atoms with Gasteiger partial charge in [0.1, 0.15) is 5.75 Å². The smallest absolute Gasteiger partial charge is 0.338 e. The van der Waals surface area contributed by atoms with E-state index in [2.05, 4.69) is 10.3 Å². The zero-order valence-electron chi connectivity index (χ0n) is 20.1. The average molecular weight is 510 g/mol. The molecule has 2 aliphatic heterocycles. The summed E-state index contributed by atoms with van der Waals surface area (Å²) < 4.78 is 16.3. The van der Waals surface area contributed by atoms with Crippen LogP contribution in [0.2, 0.25) is 0 Å². The number of hydrogen-bond acceptors (Lipinski definition) is 8. The van der Waals surface area contributed by atoms with Crippen LogP contribution in [0.4, 0.5) is 5.69 Å². The summed E-state index contributed by atoms with van der Waals surface area (Å²) in [6, 6.07) is 13.9. The van der Waals surface area contributed by atoms with Crippen LogP contribution in [0.15, 0.2) is 58.4 Å². The molecule has 1 N–H and O–H groups in total. The molecule has 2 aromatic carbocycles. The molecule has 0 bridgehead atoms. The molecule has 9 nitrogen and oxygen atoms in total. The molecule has 2 aliphatic rings. The predicted molar refractivity (Wildman–Crippen MR) is 137 cm³/mol. The van der Waals surface area contributed by atoms with Crippen molar-refractivity contribution in [3.63, 3.8) is 0 Å². The molecular formula is C26H27N3O6S. The first-order valence-electron chi connectivity index (χ1n) is 11.6. The third kappa shape index (κ3) is 6.73. The summed E-state index contributed by atoms with van der Waals surface area (Å²) in [4.78, 5) is 43.8. The van der Waals surface area contributed by atoms with E-state index in [0.717, 1.165) is 0 Å². The molecule has 2 fully saturated rings. The number of para-hydroxylation sites is 1. The summed E-state index contributed by atoms with van der Waals surface area (Å²) >= 11 is 1.18. The highest BCUT2D eigenvalue weighted by Gasteiger charge is 2.25. The van der Waals surface area contributed by atoms with Gasteiger partial charge >= 0.3 is 5.97 Å². The standard InChI is InChI=1S/C26H27N3O6S/c1-17(2)35-25(32)19-7-5-8-20(14-19)27-26-28-24(31)22(36-26)15-18-6-3-4-9-21(18)34-16-23(30)29-10-12-33-13-11-29/h3-9,14-15,17H,10-13,16H2,1-2H3,(H,27,28,31). The van der Waals surface area contributed by atoms with Gasteiger partial charge in [-0.25, -0.2) is 9.79 Å². The minimum atomic E-state index is -0.431. The van der Waals surface area contributed by atoms with E-state index in [9.17, 15) is 14.4 Å². The van der Waals surface area contributed by atoms with Gasteiger partial charge in [0.05, 0.1) is 35.5 Å². The summed E-state index contributed by atoms with van der Waals surface area (Å²) in [5.74, 6) is -0.336. The van der Waals surface area contributed by atoms with Crippen molar-refractivity contribution in [2.75, 3.05) is 32.9 Å². The first kappa shape index (κ1) is 25.5. The fraction of sp³-hybridized carbons (Fsp3) is 0.308. The quantitative estimate of drug-likeness (QED) is 0.450. The van der Waals surface area contributed by atoms with Crippen LogP contribution in [0.25, 0.3) is 6.08 Å². The Morgan fingerprint density at radius 1 is 1.17 bits per heavy atom. The number of amides is 2. The zero-order chi connectivity index (χ0) is 25.5. The van der Waals surface area contributed by atoms with Gasteiger partial charge in [-0.15, -0.1) is 0 Å². The van der Waals surface area contributed by atoms with Gasteiger partial charge < -0.3 is 24.4 Å². The molecule has 0 unspecified atom stereocenters. The van der Waals surface area contributed by atoms with E-state index in [1.54, 1.807) is 55.2 Å². The van der Waals surface area contributed by atoms with Crippen LogP contribution in [-0.2, 0) is 19.1 Å². The van der Waals surface area contributed by atoms with E-state index in [1.807, 2.05) is 18.2 Å². The minimum Gasteiger partial charge on any atom is -0.483 e. The molecule has 10 heteroatoms. The predicted octanol–water partition coefficient (Wildman–Crippen LogP) is 3.38. The Morgan fingerprint density at radius 2 is 1.94 bits per heavy atom. The van der Waals surface area contributed by atoms with Crippen LogP contribution < -0.4 is 10.1 Å². The van der Waals surface area contributed by atoms with Crippen molar-refractivity contribution in [3.8, 4) is 5.75 Å². The second-order valence-corrected chi connectivity index (χ2v) is 9.34. The lowest BCUT2D eigenvalue weighted by molar-refractivity contribution is -0.137. The third-order valence-electron chi connectivity index (χ3n) is 5.23. The van der Waals surface area contributed by atoms with Gasteiger partial charge in [-0.1, -0.05) is 24.3 Å². The molecule has 0 aliphatic carbocycles. The summed E-state index contributed by atoms with van der Waals surface area (Å²) in [6.45, 7) is 5.62. The zero-order valence-corrected chi connectivity index (χ0v) is 20.9. The number of esters is 1. The average Bonchev–Trinajstić information content (AvgIpc) is 3.21. The van der Waals surface area contributed by atoms with Gasteiger partial charge in [0, 0.05) is 18.7 Å². The summed E-state index contributed by atoms with van der Waals surface area (Å²) in [7, 11) is 0. The van der Waals surface area contributed by atoms with Gasteiger partial charge in [0.15, 0.2) is 11.8 Å². The molecule has 0 radical (unpaired) electrons. The largest absolute Gasteiger partial charge is 0.483 e. The maximum atomic E-state index is 12.6. The summed E-state index contributed by atoms with van der Waals surface area (Å²) in [5.41, 5.74) is 1.57.